The molecule has 4 heteroatoms. The van der Waals surface area contributed by atoms with Crippen molar-refractivity contribution < 1.29 is 9.53 Å². The molecule has 4 nitrogen and oxygen atoms in total. The Labute approximate surface area is 145 Å². The van der Waals surface area contributed by atoms with Gasteiger partial charge in [0, 0.05) is 5.70 Å². The minimum atomic E-state index is -0.576. The zero-order chi connectivity index (χ0) is 17.6. The Morgan fingerprint density at radius 1 is 1.08 bits per heavy atom. The minimum Gasteiger partial charge on any atom is -0.494 e. The topological polar surface area (TPSA) is 41.6 Å². The van der Waals surface area contributed by atoms with Gasteiger partial charge >= 0.3 is 0 Å². The first kappa shape index (κ1) is 18.4. The van der Waals surface area contributed by atoms with E-state index in [9.17, 15) is 4.79 Å². The average Bonchev–Trinajstić information content (AvgIpc) is 2.78. The van der Waals surface area contributed by atoms with Crippen molar-refractivity contribution in [3.63, 3.8) is 0 Å². The van der Waals surface area contributed by atoms with Gasteiger partial charge in [0.1, 0.15) is 5.75 Å². The highest BCUT2D eigenvalue weighted by atomic mass is 16.5. The van der Waals surface area contributed by atoms with E-state index in [1.807, 2.05) is 38.1 Å². The number of ether oxygens (including phenoxy) is 1. The predicted octanol–water partition coefficient (Wildman–Crippen LogP) is 4.82. The van der Waals surface area contributed by atoms with E-state index in [4.69, 9.17) is 4.74 Å². The molecule has 0 atom stereocenters. The lowest BCUT2D eigenvalue weighted by molar-refractivity contribution is -0.125. The van der Waals surface area contributed by atoms with E-state index < -0.39 is 5.41 Å². The molecule has 24 heavy (non-hydrogen) atoms. The van der Waals surface area contributed by atoms with Gasteiger partial charge in [-0.1, -0.05) is 45.6 Å². The van der Waals surface area contributed by atoms with Gasteiger partial charge in [-0.3, -0.25) is 15.2 Å². The van der Waals surface area contributed by atoms with Gasteiger partial charge in [-0.15, -0.1) is 0 Å². The van der Waals surface area contributed by atoms with E-state index in [0.29, 0.717) is 0 Å². The van der Waals surface area contributed by atoms with Gasteiger partial charge in [0.05, 0.1) is 17.7 Å². The number of carbonyl (C=O) groups is 1. The Balaban J connectivity index is 1.79. The maximum atomic E-state index is 12.0. The van der Waals surface area contributed by atoms with Crippen molar-refractivity contribution >= 4 is 11.6 Å². The molecule has 2 rings (SSSR count). The van der Waals surface area contributed by atoms with Crippen LogP contribution >= 0.6 is 0 Å². The number of nitrogens with one attached hydrogen (secondary N) is 1. The number of hydrazine groups is 1. The molecule has 0 spiro atoms. The lowest BCUT2D eigenvalue weighted by Gasteiger charge is -2.21. The SMILES string of the molecule is C=C1N(c2ccc(OCCCCCCCC)cc2)NC(=O)C1(C)C. The van der Waals surface area contributed by atoms with Crippen LogP contribution in [-0.2, 0) is 4.79 Å². The molecule has 0 radical (unpaired) electrons. The third kappa shape index (κ3) is 4.31. The lowest BCUT2D eigenvalue weighted by Crippen LogP contribution is -2.32. The molecule has 1 N–H and O–H groups in total. The molecule has 1 saturated heterocycles. The number of hydrogen-bond acceptors (Lipinski definition) is 3. The van der Waals surface area contributed by atoms with Crippen molar-refractivity contribution in [1.29, 1.82) is 0 Å². The zero-order valence-electron chi connectivity index (χ0n) is 15.2. The summed E-state index contributed by atoms with van der Waals surface area (Å²) in [5.41, 5.74) is 3.94. The monoisotopic (exact) mass is 330 g/mol. The molecule has 0 aliphatic carbocycles. The van der Waals surface area contributed by atoms with E-state index in [1.54, 1.807) is 5.01 Å². The van der Waals surface area contributed by atoms with Gasteiger partial charge in [-0.05, 0) is 44.5 Å². The molecule has 1 heterocycles. The van der Waals surface area contributed by atoms with Crippen LogP contribution in [0.15, 0.2) is 36.5 Å². The summed E-state index contributed by atoms with van der Waals surface area (Å²) in [6.45, 7) is 10.8. The average molecular weight is 330 g/mol. The minimum absolute atomic E-state index is 0.0316. The fourth-order valence-electron chi connectivity index (χ4n) is 2.70. The normalized spacial score (nSPS) is 16.4. The summed E-state index contributed by atoms with van der Waals surface area (Å²) in [6, 6.07) is 7.78. The largest absolute Gasteiger partial charge is 0.494 e. The second-order valence-corrected chi connectivity index (χ2v) is 6.96. The Bertz CT molecular complexity index is 564. The number of rotatable bonds is 9. The van der Waals surface area contributed by atoms with E-state index >= 15 is 0 Å². The molecule has 1 fully saturated rings. The molecule has 1 amide bonds. The molecule has 0 unspecified atom stereocenters. The Hall–Kier alpha value is -1.97. The number of hydrogen-bond donors (Lipinski definition) is 1. The molecule has 1 aliphatic rings. The summed E-state index contributed by atoms with van der Waals surface area (Å²) < 4.78 is 5.79. The highest BCUT2D eigenvalue weighted by molar-refractivity contribution is 5.92. The second kappa shape index (κ2) is 8.22. The van der Waals surface area contributed by atoms with Crippen molar-refractivity contribution in [2.75, 3.05) is 11.6 Å². The molecular weight excluding hydrogens is 300 g/mol. The van der Waals surface area contributed by atoms with E-state index in [0.717, 1.165) is 30.2 Å². The van der Waals surface area contributed by atoms with E-state index in [2.05, 4.69) is 18.9 Å². The van der Waals surface area contributed by atoms with Gasteiger partial charge in [-0.25, -0.2) is 0 Å². The van der Waals surface area contributed by atoms with Crippen molar-refractivity contribution in [2.24, 2.45) is 5.41 Å². The first-order valence-electron chi connectivity index (χ1n) is 9.00. The molecule has 1 aliphatic heterocycles. The van der Waals surface area contributed by atoms with Crippen LogP contribution in [0.25, 0.3) is 0 Å². The van der Waals surface area contributed by atoms with Gasteiger partial charge in [0.2, 0.25) is 5.91 Å². The van der Waals surface area contributed by atoms with Crippen molar-refractivity contribution in [3.05, 3.63) is 36.5 Å². The second-order valence-electron chi connectivity index (χ2n) is 6.96. The highest BCUT2D eigenvalue weighted by Crippen LogP contribution is 2.36. The van der Waals surface area contributed by atoms with Gasteiger partial charge in [0.15, 0.2) is 0 Å². The van der Waals surface area contributed by atoms with Crippen molar-refractivity contribution in [3.8, 4) is 5.75 Å². The Morgan fingerprint density at radius 2 is 1.71 bits per heavy atom. The smallest absolute Gasteiger partial charge is 0.250 e. The summed E-state index contributed by atoms with van der Waals surface area (Å²) in [5.74, 6) is 0.832. The van der Waals surface area contributed by atoms with Gasteiger partial charge in [-0.2, -0.15) is 0 Å². The fraction of sp³-hybridized carbons (Fsp3) is 0.550. The quantitative estimate of drug-likeness (QED) is 0.660. The van der Waals surface area contributed by atoms with Crippen LogP contribution in [0.2, 0.25) is 0 Å². The Morgan fingerprint density at radius 3 is 2.29 bits per heavy atom. The maximum absolute atomic E-state index is 12.0. The summed E-state index contributed by atoms with van der Waals surface area (Å²) in [5, 5.41) is 1.75. The van der Waals surface area contributed by atoms with Crippen LogP contribution in [0.4, 0.5) is 5.69 Å². The first-order chi connectivity index (χ1) is 11.5. The molecule has 0 bridgehead atoms. The first-order valence-corrected chi connectivity index (χ1v) is 9.00. The molecular formula is C20H30N2O2. The number of nitrogens with zero attached hydrogens (tertiary/aromatic N) is 1. The van der Waals surface area contributed by atoms with Gasteiger partial charge in [0.25, 0.3) is 0 Å². The predicted molar refractivity (Wildman–Crippen MR) is 98.9 cm³/mol. The van der Waals surface area contributed by atoms with Crippen LogP contribution in [0.5, 0.6) is 5.75 Å². The standard InChI is InChI=1S/C20H30N2O2/c1-5-6-7-8-9-10-15-24-18-13-11-17(12-14-18)22-16(2)20(3,4)19(23)21-22/h11-14H,2,5-10,15H2,1,3-4H3,(H,21,23). The molecule has 1 aromatic rings. The summed E-state index contributed by atoms with van der Waals surface area (Å²) in [6.07, 6.45) is 7.56. The van der Waals surface area contributed by atoms with Gasteiger partial charge < -0.3 is 4.74 Å². The Kier molecular flexibility index (Phi) is 6.29. The highest BCUT2D eigenvalue weighted by Gasteiger charge is 2.42. The molecule has 0 aromatic heterocycles. The molecule has 132 valence electrons. The summed E-state index contributed by atoms with van der Waals surface area (Å²) in [4.78, 5) is 12.0. The number of amides is 1. The van der Waals surface area contributed by atoms with E-state index in [1.165, 1.54) is 32.1 Å². The fourth-order valence-corrected chi connectivity index (χ4v) is 2.70. The van der Waals surface area contributed by atoms with Crippen LogP contribution in [0.1, 0.15) is 59.3 Å². The summed E-state index contributed by atoms with van der Waals surface area (Å²) >= 11 is 0. The van der Waals surface area contributed by atoms with Crippen molar-refractivity contribution in [2.45, 2.75) is 59.3 Å². The van der Waals surface area contributed by atoms with Crippen LogP contribution in [0, 0.1) is 5.41 Å². The number of benzene rings is 1. The number of carbonyl (C=O) groups excluding carboxylic acids is 1. The van der Waals surface area contributed by atoms with Crippen LogP contribution in [0.3, 0.4) is 0 Å². The molecule has 1 aromatic carbocycles. The van der Waals surface area contributed by atoms with Crippen LogP contribution in [-0.4, -0.2) is 12.5 Å². The zero-order valence-corrected chi connectivity index (χ0v) is 15.2. The number of unbranched alkanes of at least 4 members (excludes halogenated alkanes) is 5. The lowest BCUT2D eigenvalue weighted by atomic mass is 9.90. The van der Waals surface area contributed by atoms with E-state index in [-0.39, 0.29) is 5.91 Å². The van der Waals surface area contributed by atoms with Crippen LogP contribution < -0.4 is 15.2 Å². The maximum Gasteiger partial charge on any atom is 0.250 e. The molecule has 0 saturated carbocycles. The third-order valence-electron chi connectivity index (χ3n) is 4.63. The third-order valence-corrected chi connectivity index (χ3v) is 4.63. The summed E-state index contributed by atoms with van der Waals surface area (Å²) in [7, 11) is 0. The van der Waals surface area contributed by atoms with Crippen molar-refractivity contribution in [1.82, 2.24) is 5.43 Å². The number of anilines is 1.